The number of hydrogen-bond acceptors (Lipinski definition) is 4. The lowest BCUT2D eigenvalue weighted by atomic mass is 9.94. The number of nitrogens with zero attached hydrogens (tertiary/aromatic N) is 3. The zero-order chi connectivity index (χ0) is 18.8. The number of carbonyl (C=O) groups is 2. The highest BCUT2D eigenvalue weighted by atomic mass is 32.1. The molecule has 1 aromatic heterocycles. The van der Waals surface area contributed by atoms with E-state index in [1.807, 2.05) is 39.4 Å². The molecule has 2 bridgehead atoms. The molecule has 5 rings (SSSR count). The number of piperidine rings is 1. The molecule has 6 heteroatoms. The zero-order valence-corrected chi connectivity index (χ0v) is 16.5. The van der Waals surface area contributed by atoms with Gasteiger partial charge in [-0.15, -0.1) is 11.3 Å². The van der Waals surface area contributed by atoms with Crippen molar-refractivity contribution in [2.75, 3.05) is 13.1 Å². The summed E-state index contributed by atoms with van der Waals surface area (Å²) in [7, 11) is 0. The zero-order valence-electron chi connectivity index (χ0n) is 15.6. The molecule has 2 atom stereocenters. The number of amides is 2. The van der Waals surface area contributed by atoms with Gasteiger partial charge in [0.2, 0.25) is 5.91 Å². The molecule has 5 nitrogen and oxygen atoms in total. The Labute approximate surface area is 164 Å². The van der Waals surface area contributed by atoms with E-state index < -0.39 is 0 Å². The number of carbonyl (C=O) groups excluding carboxylic acids is 2. The second-order valence-electron chi connectivity index (χ2n) is 7.53. The molecule has 2 aromatic rings. The minimum Gasteiger partial charge on any atom is -0.336 e. The average Bonchev–Trinajstić information content (AvgIpc) is 3.05. The highest BCUT2D eigenvalue weighted by Crippen LogP contribution is 2.31. The molecule has 0 unspecified atom stereocenters. The third kappa shape index (κ3) is 3.76. The van der Waals surface area contributed by atoms with Gasteiger partial charge in [0.15, 0.2) is 0 Å². The topological polar surface area (TPSA) is 53.5 Å². The first kappa shape index (κ1) is 18.2. The molecule has 0 aliphatic carbocycles. The third-order valence-corrected chi connectivity index (χ3v) is 6.27. The molecule has 0 radical (unpaired) electrons. The molecule has 0 N–H and O–H groups in total. The summed E-state index contributed by atoms with van der Waals surface area (Å²) < 4.78 is 0. The lowest BCUT2D eigenvalue weighted by Gasteiger charge is -2.35. The van der Waals surface area contributed by atoms with Crippen molar-refractivity contribution in [3.8, 4) is 0 Å². The van der Waals surface area contributed by atoms with Crippen molar-refractivity contribution in [1.29, 1.82) is 0 Å². The van der Waals surface area contributed by atoms with E-state index in [2.05, 4.69) is 11.9 Å². The maximum absolute atomic E-state index is 13.1. The molecule has 2 amide bonds. The van der Waals surface area contributed by atoms with Gasteiger partial charge in [-0.3, -0.25) is 9.59 Å². The van der Waals surface area contributed by atoms with Gasteiger partial charge in [-0.1, -0.05) is 25.5 Å². The van der Waals surface area contributed by atoms with Crippen molar-refractivity contribution < 1.29 is 9.59 Å². The standard InChI is InChI=1S/C21H25N3O2S/c1-2-3-15-4-6-16(7-5-15)20(25)23-10-17-8-9-19(12-23)24(21(17)26)11-18-13-27-14-22-18/h4-7,13-14,17,19H,2-3,8-12H2,1H3/t17-,19+/m0/s1. The van der Waals surface area contributed by atoms with E-state index in [0.29, 0.717) is 19.6 Å². The Kier molecular flexibility index (Phi) is 5.25. The first-order chi connectivity index (χ1) is 13.2. The fraction of sp³-hybridized carbons (Fsp3) is 0.476. The number of thiazole rings is 1. The highest BCUT2D eigenvalue weighted by Gasteiger charge is 2.42. The highest BCUT2D eigenvalue weighted by molar-refractivity contribution is 7.07. The lowest BCUT2D eigenvalue weighted by Crippen LogP contribution is -2.47. The molecule has 0 saturated carbocycles. The maximum Gasteiger partial charge on any atom is 0.253 e. The monoisotopic (exact) mass is 383 g/mol. The number of benzene rings is 1. The van der Waals surface area contributed by atoms with E-state index >= 15 is 0 Å². The Morgan fingerprint density at radius 1 is 1.22 bits per heavy atom. The van der Waals surface area contributed by atoms with Crippen LogP contribution in [-0.4, -0.2) is 45.7 Å². The molecule has 0 spiro atoms. The molecular formula is C21H25N3O2S. The van der Waals surface area contributed by atoms with E-state index in [0.717, 1.165) is 36.9 Å². The van der Waals surface area contributed by atoms with Crippen molar-refractivity contribution in [2.24, 2.45) is 5.92 Å². The van der Waals surface area contributed by atoms with Crippen LogP contribution in [0, 0.1) is 5.92 Å². The number of aryl methyl sites for hydroxylation is 1. The van der Waals surface area contributed by atoms with E-state index in [1.54, 1.807) is 16.8 Å². The summed E-state index contributed by atoms with van der Waals surface area (Å²) in [5.74, 6) is 0.122. The van der Waals surface area contributed by atoms with Gasteiger partial charge in [0.1, 0.15) is 0 Å². The summed E-state index contributed by atoms with van der Waals surface area (Å²) in [6, 6.07) is 8.02. The summed E-state index contributed by atoms with van der Waals surface area (Å²) in [5, 5.41) is 1.99. The quantitative estimate of drug-likeness (QED) is 0.796. The fourth-order valence-corrected chi connectivity index (χ4v) is 4.74. The number of rotatable bonds is 5. The summed E-state index contributed by atoms with van der Waals surface area (Å²) >= 11 is 1.55. The second-order valence-corrected chi connectivity index (χ2v) is 8.25. The van der Waals surface area contributed by atoms with Gasteiger partial charge in [0.05, 0.1) is 23.7 Å². The first-order valence-electron chi connectivity index (χ1n) is 9.71. The molecule has 142 valence electrons. The van der Waals surface area contributed by atoms with Crippen LogP contribution in [-0.2, 0) is 17.8 Å². The molecule has 3 aliphatic heterocycles. The van der Waals surface area contributed by atoms with E-state index in [-0.39, 0.29) is 23.8 Å². The van der Waals surface area contributed by atoms with Crippen LogP contribution in [0.25, 0.3) is 0 Å². The first-order valence-corrected chi connectivity index (χ1v) is 10.7. The Morgan fingerprint density at radius 3 is 2.74 bits per heavy atom. The lowest BCUT2D eigenvalue weighted by molar-refractivity contribution is -0.140. The summed E-state index contributed by atoms with van der Waals surface area (Å²) in [4.78, 5) is 34.1. The van der Waals surface area contributed by atoms with Crippen molar-refractivity contribution >= 4 is 23.2 Å². The average molecular weight is 384 g/mol. The third-order valence-electron chi connectivity index (χ3n) is 5.64. The molecule has 4 heterocycles. The smallest absolute Gasteiger partial charge is 0.253 e. The van der Waals surface area contributed by atoms with Gasteiger partial charge in [0.25, 0.3) is 5.91 Å². The number of hydrogen-bond donors (Lipinski definition) is 0. The Balaban J connectivity index is 1.50. The van der Waals surface area contributed by atoms with Crippen LogP contribution in [0.1, 0.15) is 47.8 Å². The van der Waals surface area contributed by atoms with Crippen LogP contribution in [0.3, 0.4) is 0 Å². The van der Waals surface area contributed by atoms with Crippen LogP contribution >= 0.6 is 11.3 Å². The fourth-order valence-electron chi connectivity index (χ4n) is 4.19. The molecule has 3 saturated heterocycles. The van der Waals surface area contributed by atoms with Crippen LogP contribution in [0.5, 0.6) is 0 Å². The summed E-state index contributed by atoms with van der Waals surface area (Å²) in [6.45, 7) is 3.85. The Bertz CT molecular complexity index is 803. The SMILES string of the molecule is CCCc1ccc(C(=O)N2C[C@@H]3CC[C@H](C2)N(Cc2cscn2)C3=O)cc1. The minimum atomic E-state index is -0.0919. The normalized spacial score (nSPS) is 22.2. The van der Waals surface area contributed by atoms with Gasteiger partial charge in [-0.05, 0) is 37.0 Å². The van der Waals surface area contributed by atoms with Crippen molar-refractivity contribution in [2.45, 2.75) is 45.2 Å². The maximum atomic E-state index is 13.1. The second kappa shape index (κ2) is 7.80. The summed E-state index contributed by atoms with van der Waals surface area (Å²) in [6.07, 6.45) is 3.96. The predicted molar refractivity (Wildman–Crippen MR) is 106 cm³/mol. The summed E-state index contributed by atoms with van der Waals surface area (Å²) in [5.41, 5.74) is 4.71. The Morgan fingerprint density at radius 2 is 2.04 bits per heavy atom. The van der Waals surface area contributed by atoms with Gasteiger partial charge in [-0.25, -0.2) is 4.98 Å². The molecular weight excluding hydrogens is 358 g/mol. The number of aromatic nitrogens is 1. The molecule has 3 aliphatic rings. The molecule has 27 heavy (non-hydrogen) atoms. The van der Waals surface area contributed by atoms with E-state index in [1.165, 1.54) is 5.56 Å². The molecule has 3 fully saturated rings. The van der Waals surface area contributed by atoms with Crippen molar-refractivity contribution in [3.63, 3.8) is 0 Å². The minimum absolute atomic E-state index is 0.0401. The largest absolute Gasteiger partial charge is 0.336 e. The van der Waals surface area contributed by atoms with E-state index in [4.69, 9.17) is 0 Å². The van der Waals surface area contributed by atoms with Gasteiger partial charge in [0, 0.05) is 30.1 Å². The van der Waals surface area contributed by atoms with E-state index in [9.17, 15) is 9.59 Å². The van der Waals surface area contributed by atoms with Gasteiger partial charge < -0.3 is 9.80 Å². The van der Waals surface area contributed by atoms with Gasteiger partial charge in [-0.2, -0.15) is 0 Å². The van der Waals surface area contributed by atoms with Crippen LogP contribution in [0.4, 0.5) is 0 Å². The predicted octanol–water partition coefficient (Wildman–Crippen LogP) is 3.36. The van der Waals surface area contributed by atoms with Crippen molar-refractivity contribution in [1.82, 2.24) is 14.8 Å². The van der Waals surface area contributed by atoms with Crippen molar-refractivity contribution in [3.05, 3.63) is 52.0 Å². The van der Waals surface area contributed by atoms with Crippen LogP contribution < -0.4 is 0 Å². The van der Waals surface area contributed by atoms with Gasteiger partial charge >= 0.3 is 0 Å². The van der Waals surface area contributed by atoms with Crippen LogP contribution in [0.15, 0.2) is 35.2 Å². The Hall–Kier alpha value is -2.21. The number of fused-ring (bicyclic) bond motifs is 4. The van der Waals surface area contributed by atoms with Crippen LogP contribution in [0.2, 0.25) is 0 Å². The molecule has 1 aromatic carbocycles.